The fourth-order valence-electron chi connectivity index (χ4n) is 1.68. The lowest BCUT2D eigenvalue weighted by Crippen LogP contribution is -2.14. The molecule has 0 saturated carbocycles. The molecule has 0 saturated heterocycles. The third-order valence-electron chi connectivity index (χ3n) is 2.59. The van der Waals surface area contributed by atoms with Gasteiger partial charge in [-0.1, -0.05) is 42.5 Å². The minimum atomic E-state index is -2.68. The van der Waals surface area contributed by atoms with E-state index in [9.17, 15) is 9.67 Å². The molecule has 1 unspecified atom stereocenters. The largest absolute Gasteiger partial charge is 0.507 e. The van der Waals surface area contributed by atoms with Crippen LogP contribution in [0.4, 0.5) is 0 Å². The summed E-state index contributed by atoms with van der Waals surface area (Å²) >= 11 is 0. The van der Waals surface area contributed by atoms with E-state index >= 15 is 0 Å². The maximum Gasteiger partial charge on any atom is 0.143 e. The second-order valence-electron chi connectivity index (χ2n) is 3.75. The third kappa shape index (κ3) is 1.89. The first kappa shape index (κ1) is 11.0. The highest BCUT2D eigenvalue weighted by Gasteiger charge is 2.23. The maximum atomic E-state index is 12.7. The first-order valence-corrected chi connectivity index (χ1v) is 7.19. The fourth-order valence-corrected chi connectivity index (χ4v) is 3.58. The second-order valence-corrected chi connectivity index (χ2v) is 6.59. The summed E-state index contributed by atoms with van der Waals surface area (Å²) in [5, 5.41) is 11.0. The molecule has 2 aromatic rings. The SMILES string of the molecule is CP(=O)(c1ccccc1)c1ccccc1O. The van der Waals surface area contributed by atoms with Crippen molar-refractivity contribution in [1.82, 2.24) is 0 Å². The first-order valence-electron chi connectivity index (χ1n) is 5.04. The van der Waals surface area contributed by atoms with Crippen LogP contribution in [0, 0.1) is 0 Å². The highest BCUT2D eigenvalue weighted by Crippen LogP contribution is 2.41. The van der Waals surface area contributed by atoms with Crippen LogP contribution in [-0.2, 0) is 4.57 Å². The normalized spacial score (nSPS) is 14.3. The molecule has 0 heterocycles. The van der Waals surface area contributed by atoms with Gasteiger partial charge in [-0.2, -0.15) is 0 Å². The summed E-state index contributed by atoms with van der Waals surface area (Å²) in [7, 11) is -2.68. The lowest BCUT2D eigenvalue weighted by Gasteiger charge is -2.14. The molecular weight excluding hydrogens is 219 g/mol. The van der Waals surface area contributed by atoms with Crippen molar-refractivity contribution in [2.45, 2.75) is 0 Å². The van der Waals surface area contributed by atoms with Gasteiger partial charge < -0.3 is 9.67 Å². The Labute approximate surface area is 94.9 Å². The average Bonchev–Trinajstić information content (AvgIpc) is 2.30. The van der Waals surface area contributed by atoms with Crippen LogP contribution < -0.4 is 10.6 Å². The van der Waals surface area contributed by atoms with Crippen LogP contribution in [0.25, 0.3) is 0 Å². The van der Waals surface area contributed by atoms with Crippen molar-refractivity contribution in [2.24, 2.45) is 0 Å². The van der Waals surface area contributed by atoms with Gasteiger partial charge in [-0.05, 0) is 18.8 Å². The zero-order valence-electron chi connectivity index (χ0n) is 9.00. The van der Waals surface area contributed by atoms with E-state index in [2.05, 4.69) is 0 Å². The van der Waals surface area contributed by atoms with Crippen molar-refractivity contribution in [2.75, 3.05) is 6.66 Å². The second kappa shape index (κ2) is 4.15. The van der Waals surface area contributed by atoms with Crippen LogP contribution in [0.1, 0.15) is 0 Å². The maximum absolute atomic E-state index is 12.7. The smallest absolute Gasteiger partial charge is 0.143 e. The van der Waals surface area contributed by atoms with Gasteiger partial charge in [0.1, 0.15) is 12.9 Å². The summed E-state index contributed by atoms with van der Waals surface area (Å²) in [6, 6.07) is 16.0. The molecule has 0 aliphatic heterocycles. The molecule has 2 nitrogen and oxygen atoms in total. The van der Waals surface area contributed by atoms with Crippen LogP contribution in [0.5, 0.6) is 5.75 Å². The van der Waals surface area contributed by atoms with Crippen molar-refractivity contribution in [3.8, 4) is 5.75 Å². The number of hydrogen-bond donors (Lipinski definition) is 1. The summed E-state index contributed by atoms with van der Waals surface area (Å²) in [6.45, 7) is 1.68. The molecule has 0 aromatic heterocycles. The van der Waals surface area contributed by atoms with Gasteiger partial charge in [0.25, 0.3) is 0 Å². The number of hydrogen-bond acceptors (Lipinski definition) is 2. The monoisotopic (exact) mass is 232 g/mol. The van der Waals surface area contributed by atoms with Crippen LogP contribution in [0.3, 0.4) is 0 Å². The fraction of sp³-hybridized carbons (Fsp3) is 0.0769. The van der Waals surface area contributed by atoms with Crippen LogP contribution >= 0.6 is 7.14 Å². The Morgan fingerprint density at radius 2 is 1.50 bits per heavy atom. The summed E-state index contributed by atoms with van der Waals surface area (Å²) in [5.74, 6) is 0.0946. The number of rotatable bonds is 2. The van der Waals surface area contributed by atoms with Crippen molar-refractivity contribution in [3.05, 3.63) is 54.6 Å². The lowest BCUT2D eigenvalue weighted by molar-refractivity contribution is 0.479. The molecule has 0 amide bonds. The number of para-hydroxylation sites is 1. The summed E-state index contributed by atoms with van der Waals surface area (Å²) < 4.78 is 12.7. The molecule has 82 valence electrons. The van der Waals surface area contributed by atoms with Crippen LogP contribution in [-0.4, -0.2) is 11.8 Å². The Bertz CT molecular complexity index is 535. The quantitative estimate of drug-likeness (QED) is 0.807. The van der Waals surface area contributed by atoms with Crippen molar-refractivity contribution >= 4 is 17.8 Å². The molecule has 16 heavy (non-hydrogen) atoms. The standard InChI is InChI=1S/C13H13O2P/c1-16(15,11-7-3-2-4-8-11)13-10-6-5-9-12(13)14/h2-10,14H,1H3. The van der Waals surface area contributed by atoms with Gasteiger partial charge in [-0.15, -0.1) is 0 Å². The molecule has 0 aliphatic carbocycles. The molecular formula is C13H13O2P. The Balaban J connectivity index is 2.56. The lowest BCUT2D eigenvalue weighted by atomic mass is 10.3. The van der Waals surface area contributed by atoms with E-state index in [4.69, 9.17) is 0 Å². The molecule has 0 radical (unpaired) electrons. The molecule has 0 spiro atoms. The zero-order chi connectivity index (χ0) is 11.6. The van der Waals surface area contributed by atoms with Crippen molar-refractivity contribution in [1.29, 1.82) is 0 Å². The average molecular weight is 232 g/mol. The topological polar surface area (TPSA) is 37.3 Å². The number of phenolic OH excluding ortho intramolecular Hbond substituents is 1. The third-order valence-corrected chi connectivity index (χ3v) is 5.17. The Hall–Kier alpha value is -1.53. The molecule has 1 N–H and O–H groups in total. The van der Waals surface area contributed by atoms with Gasteiger partial charge >= 0.3 is 0 Å². The molecule has 2 aromatic carbocycles. The predicted molar refractivity (Wildman–Crippen MR) is 67.3 cm³/mol. The summed E-state index contributed by atoms with van der Waals surface area (Å²) in [5.41, 5.74) is 0. The van der Waals surface area contributed by atoms with E-state index in [-0.39, 0.29) is 5.75 Å². The van der Waals surface area contributed by atoms with Gasteiger partial charge in [0.05, 0.1) is 5.30 Å². The van der Waals surface area contributed by atoms with E-state index < -0.39 is 7.14 Å². The molecule has 0 fully saturated rings. The number of benzene rings is 2. The minimum absolute atomic E-state index is 0.0946. The molecule has 3 heteroatoms. The summed E-state index contributed by atoms with van der Waals surface area (Å²) in [6.07, 6.45) is 0. The van der Waals surface area contributed by atoms with Gasteiger partial charge in [-0.25, -0.2) is 0 Å². The van der Waals surface area contributed by atoms with Gasteiger partial charge in [0.2, 0.25) is 0 Å². The van der Waals surface area contributed by atoms with Gasteiger partial charge in [0.15, 0.2) is 0 Å². The minimum Gasteiger partial charge on any atom is -0.507 e. The Morgan fingerprint density at radius 1 is 0.938 bits per heavy atom. The van der Waals surface area contributed by atoms with E-state index in [0.717, 1.165) is 5.30 Å². The molecule has 0 bridgehead atoms. The van der Waals surface area contributed by atoms with Crippen molar-refractivity contribution < 1.29 is 9.67 Å². The van der Waals surface area contributed by atoms with E-state index in [0.29, 0.717) is 5.30 Å². The van der Waals surface area contributed by atoms with Gasteiger partial charge in [0, 0.05) is 5.30 Å². The highest BCUT2D eigenvalue weighted by atomic mass is 31.2. The predicted octanol–water partition coefficient (Wildman–Crippen LogP) is 2.34. The number of aromatic hydroxyl groups is 1. The van der Waals surface area contributed by atoms with E-state index in [1.54, 1.807) is 30.9 Å². The molecule has 2 rings (SSSR count). The van der Waals surface area contributed by atoms with E-state index in [1.165, 1.54) is 0 Å². The Kier molecular flexibility index (Phi) is 2.84. The van der Waals surface area contributed by atoms with Crippen LogP contribution in [0.2, 0.25) is 0 Å². The first-order chi connectivity index (χ1) is 7.62. The molecule has 0 aliphatic rings. The number of phenols is 1. The zero-order valence-corrected chi connectivity index (χ0v) is 9.89. The van der Waals surface area contributed by atoms with Crippen LogP contribution in [0.15, 0.2) is 54.6 Å². The summed E-state index contributed by atoms with van der Waals surface area (Å²) in [4.78, 5) is 0. The Morgan fingerprint density at radius 3 is 2.12 bits per heavy atom. The van der Waals surface area contributed by atoms with Gasteiger partial charge in [-0.3, -0.25) is 0 Å². The molecule has 1 atom stereocenters. The highest BCUT2D eigenvalue weighted by molar-refractivity contribution is 7.78. The van der Waals surface area contributed by atoms with Crippen molar-refractivity contribution in [3.63, 3.8) is 0 Å². The van der Waals surface area contributed by atoms with E-state index in [1.807, 2.05) is 30.3 Å².